The molecule has 0 bridgehead atoms. The molecule has 8 nitrogen and oxygen atoms in total. The number of carbonyl (C=O) groups is 2. The van der Waals surface area contributed by atoms with E-state index >= 15 is 0 Å². The molecule has 1 aromatic carbocycles. The van der Waals surface area contributed by atoms with Crippen molar-refractivity contribution in [1.82, 2.24) is 15.2 Å². The van der Waals surface area contributed by atoms with Crippen LogP contribution in [0.2, 0.25) is 10.0 Å². The molecule has 180 valence electrons. The number of hydrogen-bond donors (Lipinski definition) is 3. The average Bonchev–Trinajstić information content (AvgIpc) is 3.17. The Bertz CT molecular complexity index is 1060. The van der Waals surface area contributed by atoms with E-state index in [0.717, 1.165) is 11.3 Å². The fraction of sp³-hybridized carbons (Fsp3) is 0.500. The first-order valence-electron chi connectivity index (χ1n) is 10.5. The number of aromatic nitrogens is 1. The molecule has 1 aliphatic heterocycles. The highest BCUT2D eigenvalue weighted by Crippen LogP contribution is 2.42. The van der Waals surface area contributed by atoms with Gasteiger partial charge in [-0.2, -0.15) is 0 Å². The molecule has 3 rings (SSSR count). The van der Waals surface area contributed by atoms with Crippen LogP contribution in [0.25, 0.3) is 10.4 Å². The number of nitrogens with one attached hydrogen (secondary N) is 1. The van der Waals surface area contributed by atoms with Gasteiger partial charge < -0.3 is 25.2 Å². The first-order valence-corrected chi connectivity index (χ1v) is 12.1. The topological polar surface area (TPSA) is 112 Å². The van der Waals surface area contributed by atoms with Gasteiger partial charge in [0.05, 0.1) is 40.3 Å². The predicted molar refractivity (Wildman–Crippen MR) is 128 cm³/mol. The van der Waals surface area contributed by atoms with Gasteiger partial charge in [0.15, 0.2) is 5.01 Å². The van der Waals surface area contributed by atoms with E-state index in [9.17, 15) is 19.8 Å². The third-order valence-corrected chi connectivity index (χ3v) is 7.35. The number of hydrogen-bond acceptors (Lipinski definition) is 7. The summed E-state index contributed by atoms with van der Waals surface area (Å²) >= 11 is 14.0. The van der Waals surface area contributed by atoms with Gasteiger partial charge in [-0.1, -0.05) is 35.3 Å². The van der Waals surface area contributed by atoms with Crippen molar-refractivity contribution >= 4 is 46.4 Å². The van der Waals surface area contributed by atoms with Gasteiger partial charge in [0, 0.05) is 24.2 Å². The lowest BCUT2D eigenvalue weighted by Gasteiger charge is -2.36. The second kappa shape index (κ2) is 9.85. The zero-order valence-electron chi connectivity index (χ0n) is 18.9. The first kappa shape index (κ1) is 25.9. The highest BCUT2D eigenvalue weighted by molar-refractivity contribution is 7.17. The fourth-order valence-corrected chi connectivity index (χ4v) is 5.08. The average molecular weight is 516 g/mol. The molecule has 3 N–H and O–H groups in total. The van der Waals surface area contributed by atoms with E-state index in [-0.39, 0.29) is 46.4 Å². The minimum absolute atomic E-state index is 0.00688. The van der Waals surface area contributed by atoms with Crippen LogP contribution < -0.4 is 5.32 Å². The standard InChI is InChI=1S/C22H27Cl2N3O5S/c1-5-27(6-2)20(29)16-17(12-7-8-13(21(3,4)30)15(24)14(12)23)33-19(26-16)18(28)25-9-22(31)10-32-11-22/h7-8,30-31H,5-6,9-11H2,1-4H3,(H,25,28). The molecular formula is C22H27Cl2N3O5S. The summed E-state index contributed by atoms with van der Waals surface area (Å²) in [5.41, 5.74) is -1.35. The molecule has 2 aromatic rings. The number of halogens is 2. The van der Waals surface area contributed by atoms with Crippen LogP contribution in [-0.2, 0) is 10.3 Å². The minimum Gasteiger partial charge on any atom is -0.386 e. The fourth-order valence-electron chi connectivity index (χ4n) is 3.36. The maximum atomic E-state index is 13.2. The Morgan fingerprint density at radius 2 is 1.88 bits per heavy atom. The maximum absolute atomic E-state index is 13.2. The molecule has 0 aliphatic carbocycles. The van der Waals surface area contributed by atoms with Crippen LogP contribution in [0.15, 0.2) is 12.1 Å². The van der Waals surface area contributed by atoms with Gasteiger partial charge in [-0.05, 0) is 27.7 Å². The van der Waals surface area contributed by atoms with Crippen LogP contribution in [0, 0.1) is 0 Å². The Hall–Kier alpha value is -1.75. The number of carbonyl (C=O) groups excluding carboxylic acids is 2. The number of amides is 2. The van der Waals surface area contributed by atoms with Gasteiger partial charge in [-0.3, -0.25) is 9.59 Å². The van der Waals surface area contributed by atoms with E-state index in [1.165, 1.54) is 0 Å². The summed E-state index contributed by atoms with van der Waals surface area (Å²) in [6.07, 6.45) is 0. The third-order valence-electron chi connectivity index (χ3n) is 5.38. The van der Waals surface area contributed by atoms with Crippen LogP contribution >= 0.6 is 34.5 Å². The van der Waals surface area contributed by atoms with Crippen molar-refractivity contribution in [3.05, 3.63) is 38.4 Å². The lowest BCUT2D eigenvalue weighted by atomic mass is 9.96. The summed E-state index contributed by atoms with van der Waals surface area (Å²) in [4.78, 5) is 32.3. The molecule has 0 radical (unpaired) electrons. The largest absolute Gasteiger partial charge is 0.386 e. The van der Waals surface area contributed by atoms with Crippen molar-refractivity contribution in [2.45, 2.75) is 38.9 Å². The molecule has 1 aliphatic rings. The molecule has 2 heterocycles. The first-order chi connectivity index (χ1) is 15.4. The third kappa shape index (κ3) is 5.34. The summed E-state index contributed by atoms with van der Waals surface area (Å²) in [7, 11) is 0. The van der Waals surface area contributed by atoms with Crippen molar-refractivity contribution in [3.63, 3.8) is 0 Å². The van der Waals surface area contributed by atoms with Crippen LogP contribution in [-0.4, -0.2) is 70.4 Å². The van der Waals surface area contributed by atoms with Gasteiger partial charge in [-0.15, -0.1) is 11.3 Å². The zero-order valence-corrected chi connectivity index (χ0v) is 21.2. The van der Waals surface area contributed by atoms with Crippen LogP contribution in [0.4, 0.5) is 0 Å². The van der Waals surface area contributed by atoms with E-state index in [1.807, 2.05) is 13.8 Å². The van der Waals surface area contributed by atoms with Gasteiger partial charge in [0.1, 0.15) is 11.3 Å². The van der Waals surface area contributed by atoms with Crippen molar-refractivity contribution in [2.75, 3.05) is 32.8 Å². The van der Waals surface area contributed by atoms with E-state index in [2.05, 4.69) is 10.3 Å². The second-order valence-corrected chi connectivity index (χ2v) is 10.2. The summed E-state index contributed by atoms with van der Waals surface area (Å²) in [5.74, 6) is -0.856. The summed E-state index contributed by atoms with van der Waals surface area (Å²) in [6.45, 7) is 8.11. The molecule has 11 heteroatoms. The van der Waals surface area contributed by atoms with Crippen molar-refractivity contribution < 1.29 is 24.5 Å². The van der Waals surface area contributed by atoms with Crippen molar-refractivity contribution in [2.24, 2.45) is 0 Å². The lowest BCUT2D eigenvalue weighted by molar-refractivity contribution is -0.173. The van der Waals surface area contributed by atoms with E-state index in [4.69, 9.17) is 27.9 Å². The number of rotatable bonds is 8. The van der Waals surface area contributed by atoms with Gasteiger partial charge >= 0.3 is 0 Å². The highest BCUT2D eigenvalue weighted by Gasteiger charge is 2.37. The number of benzene rings is 1. The number of thiazole rings is 1. The molecule has 1 saturated heterocycles. The van der Waals surface area contributed by atoms with E-state index in [1.54, 1.807) is 30.9 Å². The van der Waals surface area contributed by atoms with Crippen molar-refractivity contribution in [1.29, 1.82) is 0 Å². The van der Waals surface area contributed by atoms with Crippen LogP contribution in [0.1, 0.15) is 53.5 Å². The van der Waals surface area contributed by atoms with Crippen LogP contribution in [0.3, 0.4) is 0 Å². The van der Waals surface area contributed by atoms with E-state index in [0.29, 0.717) is 29.1 Å². The number of ether oxygens (including phenoxy) is 1. The maximum Gasteiger partial charge on any atom is 0.280 e. The summed E-state index contributed by atoms with van der Waals surface area (Å²) in [5, 5.41) is 23.5. The number of aliphatic hydroxyl groups is 2. The highest BCUT2D eigenvalue weighted by atomic mass is 35.5. The smallest absolute Gasteiger partial charge is 0.280 e. The Balaban J connectivity index is 2.05. The molecule has 0 saturated carbocycles. The number of nitrogens with zero attached hydrogens (tertiary/aromatic N) is 2. The molecule has 33 heavy (non-hydrogen) atoms. The Kier molecular flexibility index (Phi) is 7.72. The Labute approximate surface area is 206 Å². The molecule has 2 amide bonds. The molecular weight excluding hydrogens is 489 g/mol. The van der Waals surface area contributed by atoms with Gasteiger partial charge in [0.25, 0.3) is 11.8 Å². The van der Waals surface area contributed by atoms with E-state index < -0.39 is 17.1 Å². The SMILES string of the molecule is CCN(CC)C(=O)c1nc(C(=O)NCC2(O)COC2)sc1-c1ccc(C(C)(C)O)c(Cl)c1Cl. The summed E-state index contributed by atoms with van der Waals surface area (Å²) in [6, 6.07) is 3.30. The molecule has 1 fully saturated rings. The van der Waals surface area contributed by atoms with Gasteiger partial charge in [-0.25, -0.2) is 4.98 Å². The molecule has 0 unspecified atom stereocenters. The zero-order chi connectivity index (χ0) is 24.6. The molecule has 0 atom stereocenters. The van der Waals surface area contributed by atoms with Gasteiger partial charge in [0.2, 0.25) is 0 Å². The quantitative estimate of drug-likeness (QED) is 0.497. The summed E-state index contributed by atoms with van der Waals surface area (Å²) < 4.78 is 4.99. The lowest BCUT2D eigenvalue weighted by Crippen LogP contribution is -2.56. The predicted octanol–water partition coefficient (Wildman–Crippen LogP) is 3.32. The molecule has 0 spiro atoms. The second-order valence-electron chi connectivity index (χ2n) is 8.42. The normalized spacial score (nSPS) is 15.2. The van der Waals surface area contributed by atoms with Crippen molar-refractivity contribution in [3.8, 4) is 10.4 Å². The molecule has 1 aromatic heterocycles. The monoisotopic (exact) mass is 515 g/mol. The minimum atomic E-state index is -1.22. The Morgan fingerprint density at radius 1 is 1.24 bits per heavy atom. The van der Waals surface area contributed by atoms with Crippen LogP contribution in [0.5, 0.6) is 0 Å². The Morgan fingerprint density at radius 3 is 2.39 bits per heavy atom.